The van der Waals surface area contributed by atoms with Crippen molar-refractivity contribution in [1.82, 2.24) is 15.3 Å². The highest BCUT2D eigenvalue weighted by Gasteiger charge is 2.35. The molecule has 5 nitrogen and oxygen atoms in total. The summed E-state index contributed by atoms with van der Waals surface area (Å²) >= 11 is 0. The van der Waals surface area contributed by atoms with Gasteiger partial charge < -0.3 is 15.1 Å². The highest BCUT2D eigenvalue weighted by atomic mass is 19.4. The normalized spacial score (nSPS) is 24.2. The molecule has 1 aliphatic carbocycles. The molecule has 1 unspecified atom stereocenters. The van der Waals surface area contributed by atoms with Crippen LogP contribution in [-0.2, 0) is 0 Å². The molecule has 2 saturated heterocycles. The van der Waals surface area contributed by atoms with E-state index >= 15 is 0 Å². The third-order valence-corrected chi connectivity index (χ3v) is 6.30. The number of hydrogen-bond acceptors (Lipinski definition) is 4. The monoisotopic (exact) mass is 452 g/mol. The zero-order valence-corrected chi connectivity index (χ0v) is 18.3. The largest absolute Gasteiger partial charge is 0.480 e. The quantitative estimate of drug-likeness (QED) is 0.685. The molecule has 0 saturated carbocycles. The first kappa shape index (κ1) is 22.8. The number of benzene rings is 1. The zero-order chi connectivity index (χ0) is 22.9. The van der Waals surface area contributed by atoms with Crippen LogP contribution < -0.4 is 10.2 Å². The Morgan fingerprint density at radius 1 is 1.16 bits per heavy atom. The summed E-state index contributed by atoms with van der Waals surface area (Å²) in [4.78, 5) is 7.16. The number of para-hydroxylation sites is 1. The average Bonchev–Trinajstić information content (AvgIpc) is 3.07. The number of alkyl halides is 3. The Morgan fingerprint density at radius 3 is 2.62 bits per heavy atom. The molecular formula is C23H28F4N4O. The SMILES string of the molecule is CN1CCC(CN=C2NN(C)C3CC(c4cccc(F)c4OCC(F)(F)F)=CC=C23)CC1. The summed E-state index contributed by atoms with van der Waals surface area (Å²) in [6.45, 7) is 1.41. The summed E-state index contributed by atoms with van der Waals surface area (Å²) in [5, 5.41) is 1.95. The number of halogens is 4. The molecule has 2 heterocycles. The fourth-order valence-corrected chi connectivity index (χ4v) is 4.43. The Bertz CT molecular complexity index is 932. The van der Waals surface area contributed by atoms with Crippen LogP contribution in [0.5, 0.6) is 5.75 Å². The van der Waals surface area contributed by atoms with Gasteiger partial charge in [0.15, 0.2) is 18.2 Å². The molecule has 2 fully saturated rings. The molecule has 0 radical (unpaired) electrons. The summed E-state index contributed by atoms with van der Waals surface area (Å²) in [6, 6.07) is 4.15. The van der Waals surface area contributed by atoms with Crippen molar-refractivity contribution in [3.63, 3.8) is 0 Å². The molecule has 1 aromatic carbocycles. The van der Waals surface area contributed by atoms with E-state index in [0.717, 1.165) is 55.5 Å². The molecule has 0 bridgehead atoms. The fourth-order valence-electron chi connectivity index (χ4n) is 4.43. The zero-order valence-electron chi connectivity index (χ0n) is 18.3. The second-order valence-electron chi connectivity index (χ2n) is 8.71. The standard InChI is InChI=1S/C23H28F4N4O/c1-30-10-8-15(9-11-30)13-28-22-18-7-6-16(12-20(18)31(2)29-22)17-4-3-5-19(24)21(17)32-14-23(25,26)27/h3-7,15,20H,8-14H2,1-2H3,(H,28,29). The van der Waals surface area contributed by atoms with E-state index in [9.17, 15) is 17.6 Å². The molecule has 1 atom stereocenters. The van der Waals surface area contributed by atoms with Gasteiger partial charge in [0.25, 0.3) is 0 Å². The number of rotatable bonds is 5. The minimum Gasteiger partial charge on any atom is -0.480 e. The third kappa shape index (κ3) is 5.15. The first-order valence-electron chi connectivity index (χ1n) is 10.8. The van der Waals surface area contributed by atoms with E-state index in [-0.39, 0.29) is 11.8 Å². The maximum absolute atomic E-state index is 14.3. The number of likely N-dealkylation sites (tertiary alicyclic amines) is 1. The van der Waals surface area contributed by atoms with Gasteiger partial charge in [-0.05, 0) is 57.0 Å². The molecule has 2 aliphatic heterocycles. The lowest BCUT2D eigenvalue weighted by molar-refractivity contribution is -0.153. The van der Waals surface area contributed by atoms with Crippen LogP contribution in [0.1, 0.15) is 24.8 Å². The van der Waals surface area contributed by atoms with E-state index < -0.39 is 18.6 Å². The molecule has 0 aromatic heterocycles. The Hall–Kier alpha value is -2.39. The maximum atomic E-state index is 14.3. The van der Waals surface area contributed by atoms with Gasteiger partial charge in [0.05, 0.1) is 6.04 Å². The second kappa shape index (κ2) is 9.23. The van der Waals surface area contributed by atoms with Gasteiger partial charge in [-0.15, -0.1) is 0 Å². The molecule has 0 amide bonds. The van der Waals surface area contributed by atoms with Crippen LogP contribution in [0.25, 0.3) is 5.57 Å². The van der Waals surface area contributed by atoms with Crippen molar-refractivity contribution in [2.24, 2.45) is 10.9 Å². The van der Waals surface area contributed by atoms with Crippen LogP contribution in [0, 0.1) is 11.7 Å². The van der Waals surface area contributed by atoms with Gasteiger partial charge in [-0.3, -0.25) is 4.99 Å². The molecule has 1 N–H and O–H groups in total. The van der Waals surface area contributed by atoms with Crippen molar-refractivity contribution >= 4 is 11.4 Å². The smallest absolute Gasteiger partial charge is 0.422 e. The van der Waals surface area contributed by atoms with Crippen LogP contribution in [-0.4, -0.2) is 68.3 Å². The first-order chi connectivity index (χ1) is 15.2. The molecule has 32 heavy (non-hydrogen) atoms. The summed E-state index contributed by atoms with van der Waals surface area (Å²) in [5.74, 6) is 0.235. The summed E-state index contributed by atoms with van der Waals surface area (Å²) in [5.41, 5.74) is 5.41. The van der Waals surface area contributed by atoms with Gasteiger partial charge in [0.2, 0.25) is 0 Å². The van der Waals surface area contributed by atoms with E-state index in [1.165, 1.54) is 6.07 Å². The number of nitrogens with zero attached hydrogens (tertiary/aromatic N) is 3. The van der Waals surface area contributed by atoms with Crippen molar-refractivity contribution in [1.29, 1.82) is 0 Å². The van der Waals surface area contributed by atoms with Crippen molar-refractivity contribution in [2.45, 2.75) is 31.5 Å². The number of amidine groups is 1. The van der Waals surface area contributed by atoms with Crippen LogP contribution in [0.3, 0.4) is 0 Å². The highest BCUT2D eigenvalue weighted by Crippen LogP contribution is 2.38. The van der Waals surface area contributed by atoms with Crippen molar-refractivity contribution in [3.8, 4) is 5.75 Å². The number of hydrazine groups is 1. The van der Waals surface area contributed by atoms with Crippen LogP contribution >= 0.6 is 0 Å². The Kier molecular flexibility index (Phi) is 6.57. The van der Waals surface area contributed by atoms with Crippen LogP contribution in [0.2, 0.25) is 0 Å². The number of allylic oxidation sites excluding steroid dienone is 2. The summed E-state index contributed by atoms with van der Waals surface area (Å²) in [7, 11) is 4.04. The summed E-state index contributed by atoms with van der Waals surface area (Å²) in [6.07, 6.45) is 1.99. The molecule has 9 heteroatoms. The highest BCUT2D eigenvalue weighted by molar-refractivity contribution is 6.02. The number of piperidine rings is 1. The van der Waals surface area contributed by atoms with E-state index in [1.54, 1.807) is 6.07 Å². The van der Waals surface area contributed by atoms with E-state index in [0.29, 0.717) is 17.9 Å². The van der Waals surface area contributed by atoms with E-state index in [2.05, 4.69) is 17.4 Å². The Morgan fingerprint density at radius 2 is 1.91 bits per heavy atom. The van der Waals surface area contributed by atoms with Gasteiger partial charge in [-0.2, -0.15) is 13.2 Å². The predicted octanol–water partition coefficient (Wildman–Crippen LogP) is 4.04. The van der Waals surface area contributed by atoms with Crippen molar-refractivity contribution in [2.75, 3.05) is 40.3 Å². The fraction of sp³-hybridized carbons (Fsp3) is 0.522. The average molecular weight is 452 g/mol. The minimum absolute atomic E-state index is 0.0371. The van der Waals surface area contributed by atoms with Gasteiger partial charge in [-0.25, -0.2) is 9.40 Å². The third-order valence-electron chi connectivity index (χ3n) is 6.30. The number of aliphatic imine (C=N–C) groups is 1. The molecule has 3 aliphatic rings. The molecule has 4 rings (SSSR count). The molecule has 0 spiro atoms. The molecule has 1 aromatic rings. The van der Waals surface area contributed by atoms with Crippen LogP contribution in [0.15, 0.2) is 40.9 Å². The predicted molar refractivity (Wildman–Crippen MR) is 116 cm³/mol. The maximum Gasteiger partial charge on any atom is 0.422 e. The second-order valence-corrected chi connectivity index (χ2v) is 8.71. The topological polar surface area (TPSA) is 40.1 Å². The van der Waals surface area contributed by atoms with Crippen molar-refractivity contribution < 1.29 is 22.3 Å². The number of hydrogen-bond donors (Lipinski definition) is 1. The minimum atomic E-state index is -4.54. The Balaban J connectivity index is 1.53. The molecule has 174 valence electrons. The lowest BCUT2D eigenvalue weighted by Gasteiger charge is -2.27. The number of ether oxygens (including phenoxy) is 1. The first-order valence-corrected chi connectivity index (χ1v) is 10.8. The molecular weight excluding hydrogens is 424 g/mol. The van der Waals surface area contributed by atoms with Gasteiger partial charge >= 0.3 is 6.18 Å². The number of nitrogens with one attached hydrogen (secondary N) is 1. The number of fused-ring (bicyclic) bond motifs is 1. The lowest BCUT2D eigenvalue weighted by Crippen LogP contribution is -2.35. The van der Waals surface area contributed by atoms with Gasteiger partial charge in [0, 0.05) is 24.7 Å². The number of likely N-dealkylation sites (N-methyl/N-ethyl adjacent to an activating group) is 1. The van der Waals surface area contributed by atoms with E-state index in [4.69, 9.17) is 9.73 Å². The summed E-state index contributed by atoms with van der Waals surface area (Å²) < 4.78 is 57.1. The van der Waals surface area contributed by atoms with E-state index in [1.807, 2.05) is 24.2 Å². The van der Waals surface area contributed by atoms with Crippen LogP contribution in [0.4, 0.5) is 17.6 Å². The van der Waals surface area contributed by atoms with Crippen molar-refractivity contribution in [3.05, 3.63) is 47.3 Å². The Labute approximate surface area is 185 Å². The van der Waals surface area contributed by atoms with Gasteiger partial charge in [0.1, 0.15) is 5.84 Å². The van der Waals surface area contributed by atoms with Gasteiger partial charge in [-0.1, -0.05) is 24.3 Å². The lowest BCUT2D eigenvalue weighted by atomic mass is 9.89.